The van der Waals surface area contributed by atoms with E-state index in [9.17, 15) is 14.2 Å². The van der Waals surface area contributed by atoms with Gasteiger partial charge in [0.25, 0.3) is 0 Å². The summed E-state index contributed by atoms with van der Waals surface area (Å²) in [4.78, 5) is 23.4. The highest BCUT2D eigenvalue weighted by molar-refractivity contribution is 7.47. The molecule has 1 unspecified atom stereocenters. The van der Waals surface area contributed by atoms with Crippen LogP contribution in [0.25, 0.3) is 0 Å². The molecule has 0 saturated carbocycles. The van der Waals surface area contributed by atoms with Crippen molar-refractivity contribution >= 4 is 19.9 Å². The van der Waals surface area contributed by atoms with Crippen LogP contribution in [-0.2, 0) is 23.6 Å². The van der Waals surface area contributed by atoms with Gasteiger partial charge in [-0.25, -0.2) is 9.59 Å². The molecular weight excluding hydrogens is 273 g/mol. The molecule has 8 heteroatoms. The number of hydrogen-bond acceptors (Lipinski definition) is 6. The summed E-state index contributed by atoms with van der Waals surface area (Å²) < 4.78 is 26.5. The van der Waals surface area contributed by atoms with Gasteiger partial charge in [0.2, 0.25) is 0 Å². The molecule has 1 N–H and O–H groups in total. The summed E-state index contributed by atoms with van der Waals surface area (Å²) in [6, 6.07) is 0. The molecule has 0 fully saturated rings. The molecule has 0 aliphatic rings. The van der Waals surface area contributed by atoms with E-state index in [2.05, 4.69) is 10.1 Å². The Morgan fingerprint density at radius 3 is 2.32 bits per heavy atom. The quantitative estimate of drug-likeness (QED) is 0.414. The third-order valence-corrected chi connectivity index (χ3v) is 4.05. The largest absolute Gasteiger partial charge is 0.461 e. The zero-order chi connectivity index (χ0) is 14.9. The first-order valence-corrected chi connectivity index (χ1v) is 7.67. The molecule has 110 valence electrons. The van der Waals surface area contributed by atoms with Crippen LogP contribution in [0.1, 0.15) is 20.3 Å². The van der Waals surface area contributed by atoms with Crippen molar-refractivity contribution in [2.45, 2.75) is 25.5 Å². The van der Waals surface area contributed by atoms with Gasteiger partial charge < -0.3 is 14.2 Å². The molecule has 0 heterocycles. The molecule has 7 nitrogen and oxygen atoms in total. The fraction of sp³-hybridized carbons (Fsp3) is 0.818. The Kier molecular flexibility index (Phi) is 8.27. The molecule has 0 aromatic carbocycles. The second-order valence-corrected chi connectivity index (χ2v) is 5.40. The van der Waals surface area contributed by atoms with Crippen molar-refractivity contribution in [3.63, 3.8) is 0 Å². The summed E-state index contributed by atoms with van der Waals surface area (Å²) in [5, 5.41) is 0.706. The number of hydrogen-bond donors (Lipinski definition) is 1. The molecule has 19 heavy (non-hydrogen) atoms. The molecule has 0 radical (unpaired) electrons. The molecular formula is C11H21NO6P+. The Morgan fingerprint density at radius 2 is 1.89 bits per heavy atom. The van der Waals surface area contributed by atoms with Crippen LogP contribution in [0.3, 0.4) is 0 Å². The van der Waals surface area contributed by atoms with Crippen molar-refractivity contribution in [3.8, 4) is 0 Å². The highest BCUT2D eigenvalue weighted by atomic mass is 31.1. The monoisotopic (exact) mass is 294 g/mol. The molecule has 0 spiro atoms. The van der Waals surface area contributed by atoms with Crippen molar-refractivity contribution in [2.24, 2.45) is 0 Å². The van der Waals surface area contributed by atoms with Gasteiger partial charge in [-0.3, -0.25) is 5.32 Å². The summed E-state index contributed by atoms with van der Waals surface area (Å²) >= 11 is 0. The van der Waals surface area contributed by atoms with Crippen LogP contribution in [0.5, 0.6) is 0 Å². The minimum absolute atomic E-state index is 0.0560. The van der Waals surface area contributed by atoms with E-state index in [1.54, 1.807) is 13.8 Å². The van der Waals surface area contributed by atoms with E-state index in [4.69, 9.17) is 9.47 Å². The standard InChI is InChI=1S/C11H20NO6P/c1-5-17-8-7-11(19(4)15,9(13)18-6-2)12-10(14)16-3/h5-8H2,1-4H3/p+1/t11-/m0/s1. The van der Waals surface area contributed by atoms with Crippen molar-refractivity contribution in [1.82, 2.24) is 5.32 Å². The Balaban J connectivity index is 5.15. The lowest BCUT2D eigenvalue weighted by atomic mass is 10.2. The van der Waals surface area contributed by atoms with E-state index in [1.165, 1.54) is 6.66 Å². The van der Waals surface area contributed by atoms with E-state index in [1.807, 2.05) is 0 Å². The number of nitrogens with one attached hydrogen (secondary N) is 1. The van der Waals surface area contributed by atoms with Crippen molar-refractivity contribution in [2.75, 3.05) is 33.6 Å². The van der Waals surface area contributed by atoms with Crippen molar-refractivity contribution < 1.29 is 28.4 Å². The van der Waals surface area contributed by atoms with E-state index < -0.39 is 25.1 Å². The van der Waals surface area contributed by atoms with Crippen molar-refractivity contribution in [1.29, 1.82) is 0 Å². The number of ether oxygens (including phenoxy) is 3. The zero-order valence-corrected chi connectivity index (χ0v) is 12.6. The summed E-state index contributed by atoms with van der Waals surface area (Å²) in [6.45, 7) is 5.54. The number of carbonyl (C=O) groups is 2. The van der Waals surface area contributed by atoms with Gasteiger partial charge in [-0.15, -0.1) is 0 Å². The molecule has 0 aromatic rings. The lowest BCUT2D eigenvalue weighted by Gasteiger charge is -2.21. The molecule has 0 aliphatic heterocycles. The number of alkyl carbamates (subject to hydrolysis) is 1. The second-order valence-electron chi connectivity index (χ2n) is 3.64. The number of amides is 1. The number of methoxy groups -OCH3 is 1. The SMILES string of the molecule is CCOCC[C@@](NC(=O)OC)(C(=O)OCC)[P+](C)=O. The van der Waals surface area contributed by atoms with E-state index in [-0.39, 0.29) is 19.6 Å². The molecule has 0 rings (SSSR count). The Hall–Kier alpha value is -1.20. The lowest BCUT2D eigenvalue weighted by Crippen LogP contribution is -2.53. The maximum Gasteiger partial charge on any atom is 0.411 e. The van der Waals surface area contributed by atoms with Crippen molar-refractivity contribution in [3.05, 3.63) is 0 Å². The first-order valence-electron chi connectivity index (χ1n) is 5.96. The molecule has 1 amide bonds. The summed E-state index contributed by atoms with van der Waals surface area (Å²) in [6.07, 6.45) is -0.782. The average Bonchev–Trinajstić information content (AvgIpc) is 2.37. The summed E-state index contributed by atoms with van der Waals surface area (Å²) in [5.41, 5.74) is 0. The normalized spacial score (nSPS) is 14.2. The maximum absolute atomic E-state index is 12.0. The van der Waals surface area contributed by atoms with Gasteiger partial charge in [-0.1, -0.05) is 4.57 Å². The van der Waals surface area contributed by atoms with Crippen LogP contribution in [0, 0.1) is 0 Å². The van der Waals surface area contributed by atoms with Gasteiger partial charge in [-0.2, -0.15) is 0 Å². The molecule has 2 atom stereocenters. The molecule has 0 saturated heterocycles. The molecule has 0 aliphatic carbocycles. The smallest absolute Gasteiger partial charge is 0.411 e. The third kappa shape index (κ3) is 5.12. The highest BCUT2D eigenvalue weighted by Gasteiger charge is 2.56. The van der Waals surface area contributed by atoms with E-state index in [0.717, 1.165) is 7.11 Å². The van der Waals surface area contributed by atoms with E-state index >= 15 is 0 Å². The average molecular weight is 294 g/mol. The van der Waals surface area contributed by atoms with Gasteiger partial charge in [0, 0.05) is 6.61 Å². The number of rotatable bonds is 8. The third-order valence-electron chi connectivity index (χ3n) is 2.46. The number of carbonyl (C=O) groups excluding carboxylic acids is 2. The van der Waals surface area contributed by atoms with Gasteiger partial charge in [0.05, 0.1) is 26.7 Å². The Morgan fingerprint density at radius 1 is 1.26 bits per heavy atom. The predicted octanol–water partition coefficient (Wildman–Crippen LogP) is 1.49. The Labute approximate surface area is 113 Å². The first-order chi connectivity index (χ1) is 8.94. The number of esters is 1. The fourth-order valence-corrected chi connectivity index (χ4v) is 2.39. The topological polar surface area (TPSA) is 90.9 Å². The van der Waals surface area contributed by atoms with E-state index in [0.29, 0.717) is 6.61 Å². The summed E-state index contributed by atoms with van der Waals surface area (Å²) in [5.74, 6) is -0.747. The van der Waals surface area contributed by atoms with Gasteiger partial charge >= 0.3 is 25.1 Å². The first kappa shape index (κ1) is 17.8. The minimum atomic E-state index is -2.07. The lowest BCUT2D eigenvalue weighted by molar-refractivity contribution is -0.147. The molecule has 0 bridgehead atoms. The van der Waals surface area contributed by atoms with Gasteiger partial charge in [0.1, 0.15) is 6.66 Å². The Bertz CT molecular complexity index is 335. The maximum atomic E-state index is 12.0. The van der Waals surface area contributed by atoms with Gasteiger partial charge in [0.15, 0.2) is 0 Å². The minimum Gasteiger partial charge on any atom is -0.461 e. The molecule has 0 aromatic heterocycles. The summed E-state index contributed by atoms with van der Waals surface area (Å²) in [7, 11) is -0.907. The van der Waals surface area contributed by atoms with Crippen LogP contribution >= 0.6 is 7.80 Å². The van der Waals surface area contributed by atoms with Crippen LogP contribution in [0.2, 0.25) is 0 Å². The van der Waals surface area contributed by atoms with Crippen LogP contribution < -0.4 is 5.32 Å². The van der Waals surface area contributed by atoms with Crippen LogP contribution in [-0.4, -0.2) is 50.9 Å². The van der Waals surface area contributed by atoms with Gasteiger partial charge in [-0.05, 0) is 13.8 Å². The van der Waals surface area contributed by atoms with Crippen LogP contribution in [0.4, 0.5) is 4.79 Å². The highest BCUT2D eigenvalue weighted by Crippen LogP contribution is 2.37. The van der Waals surface area contributed by atoms with Crippen LogP contribution in [0.15, 0.2) is 0 Å². The second kappa shape index (κ2) is 8.82. The zero-order valence-electron chi connectivity index (χ0n) is 11.7. The fourth-order valence-electron chi connectivity index (χ4n) is 1.41. The predicted molar refractivity (Wildman–Crippen MR) is 69.5 cm³/mol.